The molecule has 0 bridgehead atoms. The number of methoxy groups -OCH3 is 1. The summed E-state index contributed by atoms with van der Waals surface area (Å²) in [5.41, 5.74) is 6.95. The minimum Gasteiger partial charge on any atom is -0.494 e. The number of ether oxygens (including phenoxy) is 4. The summed E-state index contributed by atoms with van der Waals surface area (Å²) in [5.74, 6) is 0.519. The van der Waals surface area contributed by atoms with Gasteiger partial charge in [0.25, 0.3) is 0 Å². The number of carbonyl (C=O) groups is 1. The van der Waals surface area contributed by atoms with Crippen LogP contribution >= 0.6 is 0 Å². The van der Waals surface area contributed by atoms with Gasteiger partial charge in [0.15, 0.2) is 0 Å². The highest BCUT2D eigenvalue weighted by Crippen LogP contribution is 2.17. The van der Waals surface area contributed by atoms with Crippen molar-refractivity contribution in [3.05, 3.63) is 29.8 Å². The number of esters is 1. The van der Waals surface area contributed by atoms with E-state index in [1.54, 1.807) is 0 Å². The molecule has 1 aromatic rings. The molecule has 1 aromatic carbocycles. The van der Waals surface area contributed by atoms with E-state index >= 15 is 0 Å². The van der Waals surface area contributed by atoms with E-state index in [-0.39, 0.29) is 18.6 Å². The average molecular weight is 353 g/mol. The SMILES string of the molecule is COC(=O)COCCCOCCCCCOc1cccc(C(C)N)c1. The highest BCUT2D eigenvalue weighted by molar-refractivity contribution is 5.70. The summed E-state index contributed by atoms with van der Waals surface area (Å²) in [4.78, 5) is 10.8. The number of hydrogen-bond acceptors (Lipinski definition) is 6. The zero-order valence-corrected chi connectivity index (χ0v) is 15.4. The second-order valence-corrected chi connectivity index (χ2v) is 5.86. The van der Waals surface area contributed by atoms with E-state index in [0.717, 1.165) is 43.6 Å². The van der Waals surface area contributed by atoms with Crippen molar-refractivity contribution in [1.29, 1.82) is 0 Å². The van der Waals surface area contributed by atoms with Crippen LogP contribution in [0.5, 0.6) is 5.75 Å². The Labute approximate surface area is 150 Å². The predicted octanol–water partition coefficient (Wildman–Crippen LogP) is 2.85. The molecule has 25 heavy (non-hydrogen) atoms. The Kier molecular flexibility index (Phi) is 11.7. The van der Waals surface area contributed by atoms with Gasteiger partial charge in [0.1, 0.15) is 12.4 Å². The molecule has 0 radical (unpaired) electrons. The van der Waals surface area contributed by atoms with Gasteiger partial charge in [0, 0.05) is 25.9 Å². The Morgan fingerprint density at radius 3 is 2.52 bits per heavy atom. The maximum Gasteiger partial charge on any atom is 0.331 e. The molecule has 142 valence electrons. The molecule has 0 aliphatic rings. The van der Waals surface area contributed by atoms with Crippen molar-refractivity contribution in [3.8, 4) is 5.75 Å². The molecule has 1 atom stereocenters. The fraction of sp³-hybridized carbons (Fsp3) is 0.632. The third-order valence-corrected chi connectivity index (χ3v) is 3.61. The van der Waals surface area contributed by atoms with Gasteiger partial charge in [0.05, 0.1) is 13.7 Å². The van der Waals surface area contributed by atoms with Crippen molar-refractivity contribution in [3.63, 3.8) is 0 Å². The van der Waals surface area contributed by atoms with Crippen molar-refractivity contribution < 1.29 is 23.7 Å². The number of hydrogen-bond donors (Lipinski definition) is 1. The van der Waals surface area contributed by atoms with Crippen LogP contribution in [-0.4, -0.2) is 46.1 Å². The van der Waals surface area contributed by atoms with Crippen LogP contribution in [0.2, 0.25) is 0 Å². The molecular formula is C19H31NO5. The highest BCUT2D eigenvalue weighted by atomic mass is 16.6. The Morgan fingerprint density at radius 1 is 1.04 bits per heavy atom. The highest BCUT2D eigenvalue weighted by Gasteiger charge is 2.01. The molecule has 0 spiro atoms. The van der Waals surface area contributed by atoms with Crippen LogP contribution in [0, 0.1) is 0 Å². The number of nitrogens with two attached hydrogens (primary N) is 1. The first kappa shape index (κ1) is 21.4. The molecule has 0 amide bonds. The number of carbonyl (C=O) groups excluding carboxylic acids is 1. The van der Waals surface area contributed by atoms with Crippen LogP contribution in [0.4, 0.5) is 0 Å². The van der Waals surface area contributed by atoms with Gasteiger partial charge in [-0.25, -0.2) is 4.79 Å². The third-order valence-electron chi connectivity index (χ3n) is 3.61. The summed E-state index contributed by atoms with van der Waals surface area (Å²) >= 11 is 0. The summed E-state index contributed by atoms with van der Waals surface area (Å²) < 4.78 is 20.9. The first-order valence-electron chi connectivity index (χ1n) is 8.84. The van der Waals surface area contributed by atoms with Crippen molar-refractivity contribution in [2.75, 3.05) is 40.1 Å². The Morgan fingerprint density at radius 2 is 1.76 bits per heavy atom. The lowest BCUT2D eigenvalue weighted by molar-refractivity contribution is -0.146. The summed E-state index contributed by atoms with van der Waals surface area (Å²) in [6.07, 6.45) is 3.84. The van der Waals surface area contributed by atoms with Crippen LogP contribution in [0.3, 0.4) is 0 Å². The quantitative estimate of drug-likeness (QED) is 0.409. The maximum absolute atomic E-state index is 10.8. The van der Waals surface area contributed by atoms with E-state index in [0.29, 0.717) is 19.8 Å². The van der Waals surface area contributed by atoms with E-state index in [1.807, 2.05) is 31.2 Å². The fourth-order valence-corrected chi connectivity index (χ4v) is 2.14. The normalized spacial score (nSPS) is 12.0. The van der Waals surface area contributed by atoms with Gasteiger partial charge in [-0.15, -0.1) is 0 Å². The second-order valence-electron chi connectivity index (χ2n) is 5.86. The molecule has 0 aliphatic carbocycles. The van der Waals surface area contributed by atoms with Crippen LogP contribution in [0.1, 0.15) is 44.2 Å². The molecule has 0 saturated heterocycles. The minimum atomic E-state index is -0.354. The largest absolute Gasteiger partial charge is 0.494 e. The fourth-order valence-electron chi connectivity index (χ4n) is 2.14. The van der Waals surface area contributed by atoms with Crippen LogP contribution in [0.15, 0.2) is 24.3 Å². The third kappa shape index (κ3) is 10.8. The van der Waals surface area contributed by atoms with Gasteiger partial charge in [-0.1, -0.05) is 12.1 Å². The van der Waals surface area contributed by atoms with Crippen LogP contribution in [0.25, 0.3) is 0 Å². The molecule has 6 heteroatoms. The van der Waals surface area contributed by atoms with Gasteiger partial charge in [-0.3, -0.25) is 0 Å². The molecule has 0 aromatic heterocycles. The maximum atomic E-state index is 10.8. The smallest absolute Gasteiger partial charge is 0.331 e. The van der Waals surface area contributed by atoms with E-state index in [9.17, 15) is 4.79 Å². The van der Waals surface area contributed by atoms with Gasteiger partial charge in [-0.05, 0) is 50.3 Å². The van der Waals surface area contributed by atoms with Crippen molar-refractivity contribution in [2.24, 2.45) is 5.73 Å². The average Bonchev–Trinajstić information content (AvgIpc) is 2.62. The van der Waals surface area contributed by atoms with E-state index in [1.165, 1.54) is 7.11 Å². The van der Waals surface area contributed by atoms with Gasteiger partial charge in [-0.2, -0.15) is 0 Å². The number of unbranched alkanes of at least 4 members (excludes halogenated alkanes) is 2. The molecule has 1 unspecified atom stereocenters. The number of rotatable bonds is 14. The van der Waals surface area contributed by atoms with Crippen LogP contribution < -0.4 is 10.5 Å². The lowest BCUT2D eigenvalue weighted by Crippen LogP contribution is -2.11. The Hall–Kier alpha value is -1.63. The summed E-state index contributed by atoms with van der Waals surface area (Å²) in [6.45, 7) is 4.54. The lowest BCUT2D eigenvalue weighted by atomic mass is 10.1. The molecule has 0 fully saturated rings. The number of benzene rings is 1. The zero-order valence-electron chi connectivity index (χ0n) is 15.4. The van der Waals surface area contributed by atoms with E-state index in [4.69, 9.17) is 19.9 Å². The lowest BCUT2D eigenvalue weighted by Gasteiger charge is -2.10. The van der Waals surface area contributed by atoms with Gasteiger partial charge < -0.3 is 24.7 Å². The Bertz CT molecular complexity index is 479. The molecule has 0 heterocycles. The molecule has 0 aliphatic heterocycles. The second kappa shape index (κ2) is 13.6. The zero-order chi connectivity index (χ0) is 18.3. The van der Waals surface area contributed by atoms with Crippen LogP contribution in [-0.2, 0) is 19.0 Å². The first-order valence-corrected chi connectivity index (χ1v) is 8.84. The van der Waals surface area contributed by atoms with Gasteiger partial charge in [0.2, 0.25) is 0 Å². The summed E-state index contributed by atoms with van der Waals surface area (Å²) in [5, 5.41) is 0. The standard InChI is InChI=1S/C19H31NO5/c1-16(20)17-8-6-9-18(14-17)25-13-5-3-4-10-23-11-7-12-24-15-19(21)22-2/h6,8-9,14,16H,3-5,7,10-13,15,20H2,1-2H3. The molecule has 0 saturated carbocycles. The van der Waals surface area contributed by atoms with E-state index in [2.05, 4.69) is 4.74 Å². The monoisotopic (exact) mass is 353 g/mol. The molecule has 1 rings (SSSR count). The first-order chi connectivity index (χ1) is 12.1. The minimum absolute atomic E-state index is 0.00357. The summed E-state index contributed by atoms with van der Waals surface area (Å²) in [6, 6.07) is 7.95. The predicted molar refractivity (Wildman–Crippen MR) is 96.7 cm³/mol. The van der Waals surface area contributed by atoms with Crippen molar-refractivity contribution in [2.45, 2.75) is 38.6 Å². The molecule has 2 N–H and O–H groups in total. The summed E-state index contributed by atoms with van der Waals surface area (Å²) in [7, 11) is 1.34. The molecular weight excluding hydrogens is 322 g/mol. The Balaban J connectivity index is 1.91. The van der Waals surface area contributed by atoms with Crippen molar-refractivity contribution >= 4 is 5.97 Å². The van der Waals surface area contributed by atoms with Crippen molar-refractivity contribution in [1.82, 2.24) is 0 Å². The topological polar surface area (TPSA) is 80.0 Å². The van der Waals surface area contributed by atoms with Gasteiger partial charge >= 0.3 is 5.97 Å². The van der Waals surface area contributed by atoms with E-state index < -0.39 is 0 Å². The molecule has 6 nitrogen and oxygen atoms in total.